The number of aliphatic hydroxyl groups excluding tert-OH is 1. The van der Waals surface area contributed by atoms with Crippen LogP contribution in [0.15, 0.2) is 47.4 Å². The van der Waals surface area contributed by atoms with Gasteiger partial charge in [-0.2, -0.15) is 0 Å². The minimum atomic E-state index is -1.05. The Morgan fingerprint density at radius 1 is 1.12 bits per heavy atom. The average Bonchev–Trinajstić information content (AvgIpc) is 2.52. The van der Waals surface area contributed by atoms with Gasteiger partial charge in [0.15, 0.2) is 0 Å². The molecule has 128 valence electrons. The van der Waals surface area contributed by atoms with Crippen LogP contribution in [-0.4, -0.2) is 28.1 Å². The lowest BCUT2D eigenvalue weighted by atomic mass is 10.0. The predicted octanol–water partition coefficient (Wildman–Crippen LogP) is 2.90. The zero-order valence-corrected chi connectivity index (χ0v) is 14.8. The first-order chi connectivity index (χ1) is 11.3. The van der Waals surface area contributed by atoms with Gasteiger partial charge < -0.3 is 15.7 Å². The van der Waals surface area contributed by atoms with Gasteiger partial charge in [0.25, 0.3) is 0 Å². The van der Waals surface area contributed by atoms with Crippen molar-refractivity contribution in [3.63, 3.8) is 0 Å². The molecule has 2 aromatic rings. The number of rotatable bonds is 5. The lowest BCUT2D eigenvalue weighted by Gasteiger charge is -2.14. The Labute approximate surface area is 144 Å². The number of hydrogen-bond acceptors (Lipinski definition) is 3. The Bertz CT molecular complexity index is 724. The smallest absolute Gasteiger partial charge is 0.319 e. The van der Waals surface area contributed by atoms with Crippen molar-refractivity contribution in [2.45, 2.75) is 24.8 Å². The Balaban J connectivity index is 1.89. The van der Waals surface area contributed by atoms with Gasteiger partial charge in [-0.25, -0.2) is 4.79 Å². The summed E-state index contributed by atoms with van der Waals surface area (Å²) in [5.41, 5.74) is 3.52. The zero-order chi connectivity index (χ0) is 17.7. The van der Waals surface area contributed by atoms with Crippen LogP contribution < -0.4 is 10.6 Å². The molecular formula is C18H22N2O3S. The molecule has 0 aromatic heterocycles. The number of urea groups is 1. The number of aryl methyl sites for hydroxylation is 2. The first kappa shape index (κ1) is 18.2. The molecule has 0 radical (unpaired) electrons. The van der Waals surface area contributed by atoms with Gasteiger partial charge in [-0.1, -0.05) is 29.3 Å². The second-order valence-electron chi connectivity index (χ2n) is 5.75. The molecule has 0 saturated carbocycles. The molecule has 6 heteroatoms. The molecule has 2 atom stereocenters. The van der Waals surface area contributed by atoms with E-state index in [1.165, 1.54) is 0 Å². The van der Waals surface area contributed by atoms with E-state index < -0.39 is 22.9 Å². The molecule has 2 aromatic carbocycles. The molecule has 0 aliphatic carbocycles. The highest BCUT2D eigenvalue weighted by Crippen LogP contribution is 2.16. The van der Waals surface area contributed by atoms with E-state index in [2.05, 4.69) is 10.6 Å². The van der Waals surface area contributed by atoms with Crippen LogP contribution in [0.25, 0.3) is 0 Å². The molecule has 0 bridgehead atoms. The average molecular weight is 346 g/mol. The predicted molar refractivity (Wildman–Crippen MR) is 96.7 cm³/mol. The minimum Gasteiger partial charge on any atom is -0.387 e. The number of anilines is 1. The molecule has 2 amide bonds. The van der Waals surface area contributed by atoms with Crippen molar-refractivity contribution in [2.24, 2.45) is 0 Å². The van der Waals surface area contributed by atoms with Gasteiger partial charge in [0.1, 0.15) is 0 Å². The topological polar surface area (TPSA) is 78.4 Å². The second-order valence-corrected chi connectivity index (χ2v) is 7.13. The molecule has 0 aliphatic heterocycles. The molecule has 0 aliphatic rings. The number of amides is 2. The number of nitrogens with one attached hydrogen (secondary N) is 2. The summed E-state index contributed by atoms with van der Waals surface area (Å²) in [6, 6.07) is 12.2. The quantitative estimate of drug-likeness (QED) is 0.779. The van der Waals surface area contributed by atoms with E-state index in [1.54, 1.807) is 30.5 Å². The van der Waals surface area contributed by atoms with Crippen molar-refractivity contribution in [1.82, 2.24) is 5.32 Å². The van der Waals surface area contributed by atoms with Gasteiger partial charge in [0, 0.05) is 34.2 Å². The van der Waals surface area contributed by atoms with Crippen LogP contribution in [0.3, 0.4) is 0 Å². The summed E-state index contributed by atoms with van der Waals surface area (Å²) in [5.74, 6) is 0. The van der Waals surface area contributed by atoms with E-state index in [4.69, 9.17) is 0 Å². The molecule has 0 fully saturated rings. The molecule has 0 saturated heterocycles. The highest BCUT2D eigenvalue weighted by atomic mass is 32.2. The molecule has 0 heterocycles. The van der Waals surface area contributed by atoms with Gasteiger partial charge in [0.05, 0.1) is 6.10 Å². The van der Waals surface area contributed by atoms with E-state index in [1.807, 2.05) is 32.0 Å². The maximum absolute atomic E-state index is 11.9. The van der Waals surface area contributed by atoms with Crippen LogP contribution in [0, 0.1) is 13.8 Å². The standard InChI is InChI=1S/C18H22N2O3S/c1-12-8-13(2)10-14(9-12)17(21)11-19-18(22)20-15-4-6-16(7-5-15)24(3)23/h4-10,17,21H,11H2,1-3H3,(H2,19,20,22)/t17-,24-/m0/s1. The van der Waals surface area contributed by atoms with Crippen LogP contribution in [0.5, 0.6) is 0 Å². The third kappa shape index (κ3) is 5.18. The molecule has 0 spiro atoms. The Morgan fingerprint density at radius 2 is 1.71 bits per heavy atom. The zero-order valence-electron chi connectivity index (χ0n) is 14.0. The Kier molecular flexibility index (Phi) is 6.11. The van der Waals surface area contributed by atoms with Gasteiger partial charge in [-0.3, -0.25) is 4.21 Å². The van der Waals surface area contributed by atoms with Crippen molar-refractivity contribution in [3.8, 4) is 0 Å². The molecule has 24 heavy (non-hydrogen) atoms. The van der Waals surface area contributed by atoms with Crippen molar-refractivity contribution in [1.29, 1.82) is 0 Å². The Morgan fingerprint density at radius 3 is 2.25 bits per heavy atom. The summed E-state index contributed by atoms with van der Waals surface area (Å²) < 4.78 is 11.3. The first-order valence-corrected chi connectivity index (χ1v) is 9.15. The second kappa shape index (κ2) is 8.08. The fourth-order valence-corrected chi connectivity index (χ4v) is 2.93. The highest BCUT2D eigenvalue weighted by Gasteiger charge is 2.10. The lowest BCUT2D eigenvalue weighted by Crippen LogP contribution is -2.32. The summed E-state index contributed by atoms with van der Waals surface area (Å²) in [5, 5.41) is 15.5. The van der Waals surface area contributed by atoms with Crippen LogP contribution in [-0.2, 0) is 10.8 Å². The fourth-order valence-electron chi connectivity index (χ4n) is 2.41. The first-order valence-electron chi connectivity index (χ1n) is 7.60. The van der Waals surface area contributed by atoms with Crippen LogP contribution in [0.2, 0.25) is 0 Å². The molecule has 0 unspecified atom stereocenters. The summed E-state index contributed by atoms with van der Waals surface area (Å²) in [4.78, 5) is 12.6. The van der Waals surface area contributed by atoms with E-state index in [9.17, 15) is 14.1 Å². The maximum atomic E-state index is 11.9. The van der Waals surface area contributed by atoms with Gasteiger partial charge in [0.2, 0.25) is 0 Å². The van der Waals surface area contributed by atoms with Crippen LogP contribution in [0.4, 0.5) is 10.5 Å². The molecular weight excluding hydrogens is 324 g/mol. The number of hydrogen-bond donors (Lipinski definition) is 3. The largest absolute Gasteiger partial charge is 0.387 e. The third-order valence-electron chi connectivity index (χ3n) is 3.53. The molecule has 2 rings (SSSR count). The van der Waals surface area contributed by atoms with E-state index in [0.29, 0.717) is 10.6 Å². The summed E-state index contributed by atoms with van der Waals surface area (Å²) >= 11 is 0. The van der Waals surface area contributed by atoms with E-state index >= 15 is 0 Å². The number of benzene rings is 2. The number of aliphatic hydroxyl groups is 1. The molecule has 3 N–H and O–H groups in total. The fraction of sp³-hybridized carbons (Fsp3) is 0.278. The Hall–Kier alpha value is -2.18. The normalized spacial score (nSPS) is 13.2. The monoisotopic (exact) mass is 346 g/mol. The lowest BCUT2D eigenvalue weighted by molar-refractivity contribution is 0.175. The van der Waals surface area contributed by atoms with E-state index in [0.717, 1.165) is 16.7 Å². The van der Waals surface area contributed by atoms with E-state index in [-0.39, 0.29) is 6.54 Å². The number of carbonyl (C=O) groups is 1. The van der Waals surface area contributed by atoms with Crippen molar-refractivity contribution in [2.75, 3.05) is 18.1 Å². The van der Waals surface area contributed by atoms with Gasteiger partial charge in [-0.15, -0.1) is 0 Å². The summed E-state index contributed by atoms with van der Waals surface area (Å²) in [6.45, 7) is 4.05. The van der Waals surface area contributed by atoms with Gasteiger partial charge >= 0.3 is 6.03 Å². The van der Waals surface area contributed by atoms with Crippen LogP contribution >= 0.6 is 0 Å². The highest BCUT2D eigenvalue weighted by molar-refractivity contribution is 7.84. The maximum Gasteiger partial charge on any atom is 0.319 e. The van der Waals surface area contributed by atoms with Crippen molar-refractivity contribution in [3.05, 3.63) is 59.2 Å². The van der Waals surface area contributed by atoms with Gasteiger partial charge in [-0.05, 0) is 43.7 Å². The SMILES string of the molecule is Cc1cc(C)cc([C@@H](O)CNC(=O)Nc2ccc([S@](C)=O)cc2)c1. The van der Waals surface area contributed by atoms with Crippen LogP contribution in [0.1, 0.15) is 22.8 Å². The third-order valence-corrected chi connectivity index (χ3v) is 4.46. The number of carbonyl (C=O) groups excluding carboxylic acids is 1. The molecule has 5 nitrogen and oxygen atoms in total. The summed E-state index contributed by atoms with van der Waals surface area (Å²) in [6.07, 6.45) is 0.836. The van der Waals surface area contributed by atoms with Crippen molar-refractivity contribution < 1.29 is 14.1 Å². The van der Waals surface area contributed by atoms with Crippen molar-refractivity contribution >= 4 is 22.5 Å². The summed E-state index contributed by atoms with van der Waals surface area (Å²) in [7, 11) is -1.05. The minimum absolute atomic E-state index is 0.117.